The van der Waals surface area contributed by atoms with E-state index in [2.05, 4.69) is 180 Å². The lowest BCUT2D eigenvalue weighted by molar-refractivity contribution is 0.477. The monoisotopic (exact) mass is 635 g/mol. The van der Waals surface area contributed by atoms with Crippen LogP contribution < -0.4 is 9.64 Å². The summed E-state index contributed by atoms with van der Waals surface area (Å²) in [7, 11) is 0. The largest absolute Gasteiger partial charge is 0.457 e. The van der Waals surface area contributed by atoms with Gasteiger partial charge in [-0.05, 0) is 81.6 Å². The molecule has 0 atom stereocenters. The third kappa shape index (κ3) is 7.29. The topological polar surface area (TPSA) is 12.5 Å². The van der Waals surface area contributed by atoms with Gasteiger partial charge in [0.05, 0.1) is 11.4 Å². The number of ether oxygens (including phenoxy) is 1. The van der Waals surface area contributed by atoms with Gasteiger partial charge < -0.3 is 9.64 Å². The molecule has 0 spiro atoms. The second-order valence-electron chi connectivity index (χ2n) is 14.1. The van der Waals surface area contributed by atoms with E-state index < -0.39 is 0 Å². The van der Waals surface area contributed by atoms with Gasteiger partial charge in [0.1, 0.15) is 11.5 Å². The molecule has 0 bridgehead atoms. The van der Waals surface area contributed by atoms with Crippen LogP contribution in [-0.4, -0.2) is 0 Å². The molecule has 0 radical (unpaired) electrons. The summed E-state index contributed by atoms with van der Waals surface area (Å²) in [4.78, 5) is 2.35. The van der Waals surface area contributed by atoms with Crippen LogP contribution in [0.15, 0.2) is 146 Å². The predicted octanol–water partition coefficient (Wildman–Crippen LogP) is 13.5. The summed E-state index contributed by atoms with van der Waals surface area (Å²) in [6.07, 6.45) is 0. The van der Waals surface area contributed by atoms with Gasteiger partial charge in [-0.1, -0.05) is 144 Å². The highest BCUT2D eigenvalue weighted by Crippen LogP contribution is 2.48. The zero-order valence-corrected chi connectivity index (χ0v) is 28.8. The Labute approximate surface area is 285 Å². The van der Waals surface area contributed by atoms with E-state index >= 15 is 0 Å². The lowest BCUT2D eigenvalue weighted by Gasteiger charge is -2.32. The Morgan fingerprint density at radius 1 is 0.468 bits per heavy atom. The first-order chi connectivity index (χ1) is 22.5. The predicted molar refractivity (Wildman–Crippen MR) is 201 cm³/mol. The zero-order chi connectivity index (χ0) is 33.2. The van der Waals surface area contributed by atoms with Crippen LogP contribution in [0.25, 0.3) is 22.3 Å². The van der Waals surface area contributed by atoms with Gasteiger partial charge in [0.25, 0.3) is 0 Å². The van der Waals surface area contributed by atoms with Crippen LogP contribution in [0.2, 0.25) is 5.02 Å². The fourth-order valence-electron chi connectivity index (χ4n) is 5.85. The quantitative estimate of drug-likeness (QED) is 0.173. The van der Waals surface area contributed by atoms with Crippen molar-refractivity contribution in [1.82, 2.24) is 0 Å². The molecular formula is C44H42ClNO. The van der Waals surface area contributed by atoms with Crippen molar-refractivity contribution in [3.05, 3.63) is 162 Å². The standard InChI is InChI=1S/C44H42ClNO/c1-43(2,3)33-20-26-38(27-21-33)47-39-29-34(44(4,5)6)28-37(30-39)46(36-24-22-35(45)23-25-36)42-40(31-14-9-7-10-15-31)18-13-19-41(42)32-16-11-8-12-17-32/h7-30H,1-6H3. The van der Waals surface area contributed by atoms with Crippen LogP contribution in [0.1, 0.15) is 52.7 Å². The molecule has 6 aromatic carbocycles. The van der Waals surface area contributed by atoms with Crippen molar-refractivity contribution in [3.8, 4) is 33.8 Å². The van der Waals surface area contributed by atoms with E-state index in [4.69, 9.17) is 16.3 Å². The highest BCUT2D eigenvalue weighted by molar-refractivity contribution is 6.30. The molecule has 0 fully saturated rings. The maximum Gasteiger partial charge on any atom is 0.129 e. The molecule has 0 aliphatic rings. The lowest BCUT2D eigenvalue weighted by Crippen LogP contribution is -2.16. The molecule has 0 unspecified atom stereocenters. The molecule has 0 aliphatic carbocycles. The Bertz CT molecular complexity index is 1890. The van der Waals surface area contributed by atoms with Crippen molar-refractivity contribution in [2.45, 2.75) is 52.4 Å². The smallest absolute Gasteiger partial charge is 0.129 e. The normalized spacial score (nSPS) is 11.7. The van der Waals surface area contributed by atoms with Crippen molar-refractivity contribution < 1.29 is 4.74 Å². The van der Waals surface area contributed by atoms with Gasteiger partial charge >= 0.3 is 0 Å². The molecule has 47 heavy (non-hydrogen) atoms. The third-order valence-corrected chi connectivity index (χ3v) is 8.74. The van der Waals surface area contributed by atoms with Crippen molar-refractivity contribution >= 4 is 28.7 Å². The Morgan fingerprint density at radius 2 is 1.00 bits per heavy atom. The van der Waals surface area contributed by atoms with Gasteiger partial charge in [-0.25, -0.2) is 0 Å². The summed E-state index contributed by atoms with van der Waals surface area (Å²) in [5, 5.41) is 0.694. The molecule has 0 heterocycles. The first-order valence-electron chi connectivity index (χ1n) is 16.2. The van der Waals surface area contributed by atoms with Crippen LogP contribution in [0.3, 0.4) is 0 Å². The summed E-state index contributed by atoms with van der Waals surface area (Å²) in [6.45, 7) is 13.4. The third-order valence-electron chi connectivity index (χ3n) is 8.49. The van der Waals surface area contributed by atoms with Gasteiger partial charge in [-0.3, -0.25) is 0 Å². The second-order valence-corrected chi connectivity index (χ2v) is 14.5. The minimum atomic E-state index is -0.128. The number of halogens is 1. The van der Waals surface area contributed by atoms with Crippen LogP contribution in [0, 0.1) is 0 Å². The molecule has 236 valence electrons. The van der Waals surface area contributed by atoms with E-state index in [1.807, 2.05) is 12.1 Å². The van der Waals surface area contributed by atoms with Gasteiger partial charge in [0.15, 0.2) is 0 Å². The van der Waals surface area contributed by atoms with E-state index in [9.17, 15) is 0 Å². The first-order valence-corrected chi connectivity index (χ1v) is 16.6. The van der Waals surface area contributed by atoms with E-state index in [-0.39, 0.29) is 10.8 Å². The van der Waals surface area contributed by atoms with Crippen LogP contribution in [0.5, 0.6) is 11.5 Å². The number of nitrogens with zero attached hydrogens (tertiary/aromatic N) is 1. The molecule has 0 aliphatic heterocycles. The Morgan fingerprint density at radius 3 is 1.51 bits per heavy atom. The second kappa shape index (κ2) is 13.1. The SMILES string of the molecule is CC(C)(C)c1ccc(Oc2cc(N(c3ccc(Cl)cc3)c3c(-c4ccccc4)cccc3-c3ccccc3)cc(C(C)(C)C)c2)cc1. The Balaban J connectivity index is 1.61. The first kappa shape index (κ1) is 32.2. The van der Waals surface area contributed by atoms with Crippen molar-refractivity contribution in [3.63, 3.8) is 0 Å². The number of hydrogen-bond acceptors (Lipinski definition) is 2. The number of anilines is 3. The van der Waals surface area contributed by atoms with E-state index in [1.54, 1.807) is 0 Å². The highest BCUT2D eigenvalue weighted by atomic mass is 35.5. The minimum absolute atomic E-state index is 0.0690. The van der Waals surface area contributed by atoms with Crippen LogP contribution >= 0.6 is 11.6 Å². The van der Waals surface area contributed by atoms with E-state index in [0.29, 0.717) is 5.02 Å². The number of benzene rings is 6. The van der Waals surface area contributed by atoms with Crippen molar-refractivity contribution in [1.29, 1.82) is 0 Å². The lowest BCUT2D eigenvalue weighted by atomic mass is 9.86. The summed E-state index contributed by atoms with van der Waals surface area (Å²) >= 11 is 6.46. The van der Waals surface area contributed by atoms with E-state index in [0.717, 1.165) is 50.8 Å². The summed E-state index contributed by atoms with van der Waals surface area (Å²) in [5.74, 6) is 1.59. The van der Waals surface area contributed by atoms with Gasteiger partial charge in [-0.15, -0.1) is 0 Å². The number of para-hydroxylation sites is 1. The maximum atomic E-state index is 6.65. The van der Waals surface area contributed by atoms with Crippen molar-refractivity contribution in [2.75, 3.05) is 4.90 Å². The fourth-order valence-corrected chi connectivity index (χ4v) is 5.97. The Hall–Kier alpha value is -4.79. The van der Waals surface area contributed by atoms with Crippen LogP contribution in [0.4, 0.5) is 17.1 Å². The fraction of sp³-hybridized carbons (Fsp3) is 0.182. The van der Waals surface area contributed by atoms with Gasteiger partial charge in [0, 0.05) is 27.9 Å². The molecule has 0 amide bonds. The van der Waals surface area contributed by atoms with E-state index in [1.165, 1.54) is 11.1 Å². The average molecular weight is 636 g/mol. The summed E-state index contributed by atoms with van der Waals surface area (Å²) < 4.78 is 6.65. The zero-order valence-electron chi connectivity index (χ0n) is 28.1. The highest BCUT2D eigenvalue weighted by Gasteiger charge is 2.25. The Kier molecular flexibility index (Phi) is 8.99. The van der Waals surface area contributed by atoms with Gasteiger partial charge in [0.2, 0.25) is 0 Å². The molecule has 0 aromatic heterocycles. The van der Waals surface area contributed by atoms with Gasteiger partial charge in [-0.2, -0.15) is 0 Å². The summed E-state index contributed by atoms with van der Waals surface area (Å²) in [5.41, 5.74) is 10.0. The molecule has 6 rings (SSSR count). The molecule has 2 nitrogen and oxygen atoms in total. The molecule has 3 heteroatoms. The summed E-state index contributed by atoms with van der Waals surface area (Å²) in [6, 6.07) is 50.9. The molecule has 6 aromatic rings. The number of hydrogen-bond donors (Lipinski definition) is 0. The van der Waals surface area contributed by atoms with Crippen molar-refractivity contribution in [2.24, 2.45) is 0 Å². The molecule has 0 saturated heterocycles. The molecule has 0 saturated carbocycles. The molecular weight excluding hydrogens is 594 g/mol. The average Bonchev–Trinajstić information content (AvgIpc) is 3.06. The minimum Gasteiger partial charge on any atom is -0.457 e. The van der Waals surface area contributed by atoms with Crippen LogP contribution in [-0.2, 0) is 10.8 Å². The molecule has 0 N–H and O–H groups in total. The number of rotatable bonds is 7. The maximum absolute atomic E-state index is 6.65.